The molecule has 3 aromatic carbocycles. The lowest BCUT2D eigenvalue weighted by atomic mass is 10.1. The van der Waals surface area contributed by atoms with Gasteiger partial charge in [-0.05, 0) is 62.8 Å². The molecule has 4 heterocycles. The Hall–Kier alpha value is -5.77. The lowest BCUT2D eigenvalue weighted by Gasteiger charge is -2.20. The van der Waals surface area contributed by atoms with Gasteiger partial charge in [-0.25, -0.2) is 19.6 Å². The number of rotatable bonds is 9. The van der Waals surface area contributed by atoms with Gasteiger partial charge >= 0.3 is 0 Å². The van der Waals surface area contributed by atoms with Gasteiger partial charge in [0.2, 0.25) is 5.91 Å². The van der Waals surface area contributed by atoms with Crippen LogP contribution >= 0.6 is 11.6 Å². The largest absolute Gasteiger partial charge is 0.508 e. The number of anilines is 1. The topological polar surface area (TPSA) is 148 Å². The molecule has 13 heteroatoms. The number of carbonyl (C=O) groups is 1. The molecule has 3 aromatic heterocycles. The SMILES string of the molecule is CN(C)C1CCN(C(=O)CCCC#Cc2cccc3nc(Cn4nc(-c5cccc(O)c5)c5c(N)ncnc54)n(Cc4ccccc4Cl)c(=O)c23)C1. The molecule has 7 rings (SSSR count). The Kier molecular flexibility index (Phi) is 9.89. The summed E-state index contributed by atoms with van der Waals surface area (Å²) < 4.78 is 3.23. The van der Waals surface area contributed by atoms with Crippen molar-refractivity contribution in [3.05, 3.63) is 105 Å². The summed E-state index contributed by atoms with van der Waals surface area (Å²) in [6, 6.07) is 19.9. The highest BCUT2D eigenvalue weighted by molar-refractivity contribution is 6.31. The molecule has 6 aromatic rings. The second-order valence-corrected chi connectivity index (χ2v) is 13.5. The molecule has 264 valence electrons. The van der Waals surface area contributed by atoms with Gasteiger partial charge in [0.15, 0.2) is 5.65 Å². The van der Waals surface area contributed by atoms with Gasteiger partial charge in [-0.15, -0.1) is 0 Å². The summed E-state index contributed by atoms with van der Waals surface area (Å²) in [6.45, 7) is 1.77. The number of nitrogen functional groups attached to an aromatic ring is 1. The predicted octanol–water partition coefficient (Wildman–Crippen LogP) is 4.93. The molecule has 0 spiro atoms. The van der Waals surface area contributed by atoms with Gasteiger partial charge in [-0.2, -0.15) is 5.10 Å². The Morgan fingerprint density at radius 1 is 1.06 bits per heavy atom. The fourth-order valence-electron chi connectivity index (χ4n) is 6.66. The molecule has 3 N–H and O–H groups in total. The standard InChI is InChI=1S/C39H38ClN9O3/c1-46(2)28-18-19-47(22-28)33(51)17-5-3-4-10-25-12-9-16-31-34(25)39(52)48(21-27-11-6-7-15-30(27)40)32(44-31)23-49-38-35(37(41)42-24-43-38)36(45-49)26-13-8-14-29(50)20-26/h6-9,11-16,20,24,28,50H,3,5,17-19,21-23H2,1-2H3,(H2,41,42,43). The summed E-state index contributed by atoms with van der Waals surface area (Å²) in [4.78, 5) is 45.1. The van der Waals surface area contributed by atoms with E-state index in [-0.39, 0.29) is 36.1 Å². The molecule has 0 bridgehead atoms. The number of amides is 1. The summed E-state index contributed by atoms with van der Waals surface area (Å²) in [6.07, 6.45) is 3.94. The van der Waals surface area contributed by atoms with Crippen molar-refractivity contribution in [3.63, 3.8) is 0 Å². The van der Waals surface area contributed by atoms with E-state index in [0.29, 0.717) is 74.9 Å². The van der Waals surface area contributed by atoms with Gasteiger partial charge in [-0.1, -0.05) is 59.8 Å². The van der Waals surface area contributed by atoms with E-state index in [4.69, 9.17) is 27.4 Å². The number of hydrogen-bond donors (Lipinski definition) is 2. The average Bonchev–Trinajstić information content (AvgIpc) is 3.77. The van der Waals surface area contributed by atoms with Crippen molar-refractivity contribution in [2.24, 2.45) is 0 Å². The lowest BCUT2D eigenvalue weighted by molar-refractivity contribution is -0.130. The summed E-state index contributed by atoms with van der Waals surface area (Å²) in [5.41, 5.74) is 9.42. The van der Waals surface area contributed by atoms with Crippen LogP contribution in [-0.4, -0.2) is 83.3 Å². The van der Waals surface area contributed by atoms with Gasteiger partial charge in [0.25, 0.3) is 5.56 Å². The zero-order valence-electron chi connectivity index (χ0n) is 29.0. The van der Waals surface area contributed by atoms with E-state index in [1.165, 1.54) is 6.33 Å². The van der Waals surface area contributed by atoms with Crippen molar-refractivity contribution in [1.82, 2.24) is 39.1 Å². The smallest absolute Gasteiger partial charge is 0.263 e. The molecule has 0 aliphatic carbocycles. The van der Waals surface area contributed by atoms with E-state index < -0.39 is 0 Å². The van der Waals surface area contributed by atoms with Crippen LogP contribution in [0.5, 0.6) is 5.75 Å². The minimum absolute atomic E-state index is 0.0671. The molecule has 52 heavy (non-hydrogen) atoms. The van der Waals surface area contributed by atoms with Crippen LogP contribution in [-0.2, 0) is 17.9 Å². The number of carbonyl (C=O) groups excluding carboxylic acids is 1. The fraction of sp³-hybridized carbons (Fsp3) is 0.282. The van der Waals surface area contributed by atoms with Gasteiger partial charge in [0.05, 0.1) is 22.8 Å². The van der Waals surface area contributed by atoms with Crippen LogP contribution in [0.15, 0.2) is 77.9 Å². The monoisotopic (exact) mass is 715 g/mol. The maximum atomic E-state index is 14.5. The van der Waals surface area contributed by atoms with Crippen molar-refractivity contribution in [2.45, 2.75) is 44.8 Å². The first-order valence-corrected chi connectivity index (χ1v) is 17.5. The molecule has 1 saturated heterocycles. The van der Waals surface area contributed by atoms with E-state index in [0.717, 1.165) is 25.1 Å². The molecular weight excluding hydrogens is 678 g/mol. The Balaban J connectivity index is 1.23. The molecule has 1 fully saturated rings. The fourth-order valence-corrected chi connectivity index (χ4v) is 6.85. The Labute approximate surface area is 305 Å². The third kappa shape index (κ3) is 7.06. The molecule has 1 aliphatic rings. The maximum Gasteiger partial charge on any atom is 0.263 e. The number of fused-ring (bicyclic) bond motifs is 2. The number of nitrogens with two attached hydrogens (primary N) is 1. The van der Waals surface area contributed by atoms with E-state index in [9.17, 15) is 14.7 Å². The van der Waals surface area contributed by atoms with Crippen LogP contribution in [0.3, 0.4) is 0 Å². The number of hydrogen-bond acceptors (Lipinski definition) is 9. The zero-order chi connectivity index (χ0) is 36.4. The number of phenolic OH excluding ortho intramolecular Hbond substituents is 1. The van der Waals surface area contributed by atoms with Gasteiger partial charge in [-0.3, -0.25) is 14.2 Å². The first-order valence-electron chi connectivity index (χ1n) is 17.1. The number of aromatic hydroxyl groups is 1. The number of unbranched alkanes of at least 4 members (excludes halogenated alkanes) is 1. The van der Waals surface area contributed by atoms with E-state index in [1.807, 2.05) is 55.4 Å². The number of likely N-dealkylation sites (N-methyl/N-ethyl adjacent to an activating group) is 1. The number of aromatic nitrogens is 6. The predicted molar refractivity (Wildman–Crippen MR) is 202 cm³/mol. The Morgan fingerprint density at radius 3 is 2.67 bits per heavy atom. The summed E-state index contributed by atoms with van der Waals surface area (Å²) in [5.74, 6) is 7.27. The van der Waals surface area contributed by atoms with Crippen LogP contribution in [0.25, 0.3) is 33.2 Å². The minimum Gasteiger partial charge on any atom is -0.508 e. The highest BCUT2D eigenvalue weighted by Gasteiger charge is 2.27. The number of halogens is 1. The number of nitrogens with zero attached hydrogens (tertiary/aromatic N) is 8. The van der Waals surface area contributed by atoms with Crippen molar-refractivity contribution in [1.29, 1.82) is 0 Å². The molecular formula is C39H38ClN9O3. The van der Waals surface area contributed by atoms with Crippen molar-refractivity contribution in [3.8, 4) is 28.8 Å². The van der Waals surface area contributed by atoms with E-state index >= 15 is 0 Å². The average molecular weight is 716 g/mol. The molecule has 1 atom stereocenters. The van der Waals surface area contributed by atoms with Crippen molar-refractivity contribution < 1.29 is 9.90 Å². The third-order valence-electron chi connectivity index (χ3n) is 9.48. The van der Waals surface area contributed by atoms with Gasteiger partial charge in [0, 0.05) is 48.1 Å². The van der Waals surface area contributed by atoms with Crippen LogP contribution in [0, 0.1) is 11.8 Å². The summed E-state index contributed by atoms with van der Waals surface area (Å²) >= 11 is 6.59. The molecule has 0 saturated carbocycles. The summed E-state index contributed by atoms with van der Waals surface area (Å²) in [5, 5.41) is 16.5. The highest BCUT2D eigenvalue weighted by atomic mass is 35.5. The highest BCUT2D eigenvalue weighted by Crippen LogP contribution is 2.32. The third-order valence-corrected chi connectivity index (χ3v) is 9.85. The minimum atomic E-state index is -0.275. The first kappa shape index (κ1) is 34.7. The Bertz CT molecular complexity index is 2430. The van der Waals surface area contributed by atoms with Crippen molar-refractivity contribution in [2.75, 3.05) is 32.9 Å². The molecule has 1 unspecified atom stereocenters. The molecule has 0 radical (unpaired) electrons. The van der Waals surface area contributed by atoms with Crippen LogP contribution < -0.4 is 11.3 Å². The van der Waals surface area contributed by atoms with Crippen LogP contribution in [0.2, 0.25) is 5.02 Å². The second kappa shape index (κ2) is 14.8. The summed E-state index contributed by atoms with van der Waals surface area (Å²) in [7, 11) is 4.10. The van der Waals surface area contributed by atoms with E-state index in [1.54, 1.807) is 39.6 Å². The van der Waals surface area contributed by atoms with Crippen molar-refractivity contribution >= 4 is 45.3 Å². The quantitative estimate of drug-likeness (QED) is 0.157. The zero-order valence-corrected chi connectivity index (χ0v) is 29.7. The first-order chi connectivity index (χ1) is 25.2. The van der Waals surface area contributed by atoms with Gasteiger partial charge < -0.3 is 20.6 Å². The Morgan fingerprint density at radius 2 is 1.88 bits per heavy atom. The van der Waals surface area contributed by atoms with Crippen LogP contribution in [0.4, 0.5) is 5.82 Å². The molecule has 12 nitrogen and oxygen atoms in total. The number of likely N-dealkylation sites (tertiary alicyclic amines) is 1. The van der Waals surface area contributed by atoms with E-state index in [2.05, 4.69) is 26.7 Å². The normalized spacial score (nSPS) is 14.3. The maximum absolute atomic E-state index is 14.5. The lowest BCUT2D eigenvalue weighted by Crippen LogP contribution is -2.34. The van der Waals surface area contributed by atoms with Gasteiger partial charge in [0.1, 0.15) is 36.0 Å². The molecule has 1 amide bonds. The van der Waals surface area contributed by atoms with Crippen LogP contribution in [0.1, 0.15) is 42.6 Å². The number of phenols is 1. The molecule has 1 aliphatic heterocycles. The number of benzene rings is 3. The second-order valence-electron chi connectivity index (χ2n) is 13.1.